The van der Waals surface area contributed by atoms with Gasteiger partial charge in [-0.1, -0.05) is 13.3 Å². The number of aromatic nitrogens is 3. The van der Waals surface area contributed by atoms with Crippen molar-refractivity contribution < 1.29 is 0 Å². The maximum atomic E-state index is 5.47. The lowest BCUT2D eigenvalue weighted by atomic mass is 10.2. The predicted molar refractivity (Wildman–Crippen MR) is 84.0 cm³/mol. The van der Waals surface area contributed by atoms with Gasteiger partial charge in [-0.3, -0.25) is 5.43 Å². The molecule has 1 aromatic heterocycles. The van der Waals surface area contributed by atoms with Crippen LogP contribution in [0.3, 0.4) is 0 Å². The van der Waals surface area contributed by atoms with Crippen molar-refractivity contribution in [2.24, 2.45) is 5.84 Å². The number of nitrogen functional groups attached to an aromatic ring is 1. The molecular formula is C13H27N7. The summed E-state index contributed by atoms with van der Waals surface area (Å²) in [4.78, 5) is 17.4. The van der Waals surface area contributed by atoms with Gasteiger partial charge in [0.05, 0.1) is 0 Å². The van der Waals surface area contributed by atoms with Crippen molar-refractivity contribution in [2.45, 2.75) is 46.6 Å². The molecule has 1 rings (SSSR count). The molecule has 0 saturated carbocycles. The molecule has 114 valence electrons. The van der Waals surface area contributed by atoms with E-state index < -0.39 is 0 Å². The van der Waals surface area contributed by atoms with Crippen LogP contribution in [0.4, 0.5) is 17.8 Å². The second kappa shape index (κ2) is 7.84. The van der Waals surface area contributed by atoms with Crippen molar-refractivity contribution >= 4 is 17.8 Å². The topological polar surface area (TPSA) is 83.2 Å². The van der Waals surface area contributed by atoms with Crippen LogP contribution in [0.2, 0.25) is 0 Å². The zero-order valence-electron chi connectivity index (χ0n) is 13.2. The first kappa shape index (κ1) is 16.4. The highest BCUT2D eigenvalue weighted by Crippen LogP contribution is 2.18. The van der Waals surface area contributed by atoms with E-state index in [1.54, 1.807) is 0 Å². The van der Waals surface area contributed by atoms with Crippen molar-refractivity contribution in [3.8, 4) is 0 Å². The standard InChI is InChI=1S/C13H27N7/c1-6-9-10(4)19(5)12-15-11(18-14)16-13(17-12)20(7-2)8-3/h10H,6-9,14H2,1-5H3,(H,15,16,17,18). The predicted octanol–water partition coefficient (Wildman–Crippen LogP) is 1.63. The number of hydrazine groups is 1. The molecule has 1 heterocycles. The van der Waals surface area contributed by atoms with Crippen molar-refractivity contribution in [2.75, 3.05) is 35.4 Å². The second-order valence-electron chi connectivity index (χ2n) is 4.82. The van der Waals surface area contributed by atoms with Gasteiger partial charge in [0, 0.05) is 26.2 Å². The molecule has 1 unspecified atom stereocenters. The maximum absolute atomic E-state index is 5.47. The summed E-state index contributed by atoms with van der Waals surface area (Å²) in [7, 11) is 2.00. The largest absolute Gasteiger partial charge is 0.341 e. The lowest BCUT2D eigenvalue weighted by Gasteiger charge is -2.26. The molecule has 1 atom stereocenters. The summed E-state index contributed by atoms with van der Waals surface area (Å²) in [5.41, 5.74) is 2.52. The number of nitrogens with one attached hydrogen (secondary N) is 1. The van der Waals surface area contributed by atoms with E-state index in [2.05, 4.69) is 57.9 Å². The maximum Gasteiger partial charge on any atom is 0.243 e. The third-order valence-electron chi connectivity index (χ3n) is 3.47. The smallest absolute Gasteiger partial charge is 0.243 e. The fourth-order valence-corrected chi connectivity index (χ4v) is 2.03. The highest BCUT2D eigenvalue weighted by Gasteiger charge is 2.16. The van der Waals surface area contributed by atoms with Crippen molar-refractivity contribution in [3.63, 3.8) is 0 Å². The molecule has 0 fully saturated rings. The Balaban J connectivity index is 3.09. The van der Waals surface area contributed by atoms with Crippen LogP contribution in [0.1, 0.15) is 40.5 Å². The molecule has 20 heavy (non-hydrogen) atoms. The van der Waals surface area contributed by atoms with E-state index in [1.165, 1.54) is 0 Å². The highest BCUT2D eigenvalue weighted by molar-refractivity contribution is 5.44. The van der Waals surface area contributed by atoms with E-state index in [-0.39, 0.29) is 0 Å². The number of rotatable bonds is 8. The Bertz CT molecular complexity index is 406. The second-order valence-corrected chi connectivity index (χ2v) is 4.82. The Morgan fingerprint density at radius 2 is 1.70 bits per heavy atom. The van der Waals surface area contributed by atoms with E-state index in [4.69, 9.17) is 5.84 Å². The Morgan fingerprint density at radius 3 is 2.20 bits per heavy atom. The molecule has 7 nitrogen and oxygen atoms in total. The summed E-state index contributed by atoms with van der Waals surface area (Å²) in [6.45, 7) is 10.2. The summed E-state index contributed by atoms with van der Waals surface area (Å²) in [5.74, 6) is 7.17. The first-order valence-corrected chi connectivity index (χ1v) is 7.27. The van der Waals surface area contributed by atoms with Gasteiger partial charge < -0.3 is 9.80 Å². The molecule has 0 spiro atoms. The number of anilines is 3. The Hall–Kier alpha value is -1.63. The molecule has 0 saturated heterocycles. The van der Waals surface area contributed by atoms with Crippen LogP contribution in [-0.2, 0) is 0 Å². The van der Waals surface area contributed by atoms with Crippen LogP contribution in [0, 0.1) is 0 Å². The fraction of sp³-hybridized carbons (Fsp3) is 0.769. The highest BCUT2D eigenvalue weighted by atomic mass is 15.4. The van der Waals surface area contributed by atoms with Crippen LogP contribution in [0.25, 0.3) is 0 Å². The van der Waals surface area contributed by atoms with Gasteiger partial charge in [0.15, 0.2) is 0 Å². The average Bonchev–Trinajstić information content (AvgIpc) is 2.47. The van der Waals surface area contributed by atoms with Gasteiger partial charge >= 0.3 is 0 Å². The minimum atomic E-state index is 0.373. The zero-order valence-corrected chi connectivity index (χ0v) is 13.2. The first-order chi connectivity index (χ1) is 9.57. The lowest BCUT2D eigenvalue weighted by molar-refractivity contribution is 0.603. The first-order valence-electron chi connectivity index (χ1n) is 7.27. The van der Waals surface area contributed by atoms with Crippen molar-refractivity contribution in [1.29, 1.82) is 0 Å². The SMILES string of the molecule is CCCC(C)N(C)c1nc(NN)nc(N(CC)CC)n1. The van der Waals surface area contributed by atoms with Crippen molar-refractivity contribution in [1.82, 2.24) is 15.0 Å². The van der Waals surface area contributed by atoms with Gasteiger partial charge in [0.2, 0.25) is 17.8 Å². The zero-order chi connectivity index (χ0) is 15.1. The Morgan fingerprint density at radius 1 is 1.10 bits per heavy atom. The Kier molecular flexibility index (Phi) is 6.44. The van der Waals surface area contributed by atoms with Gasteiger partial charge in [0.1, 0.15) is 0 Å². The van der Waals surface area contributed by atoms with E-state index in [0.717, 1.165) is 25.9 Å². The monoisotopic (exact) mass is 281 g/mol. The average molecular weight is 281 g/mol. The van der Waals surface area contributed by atoms with Crippen LogP contribution < -0.4 is 21.1 Å². The molecule has 0 aromatic carbocycles. The molecular weight excluding hydrogens is 254 g/mol. The summed E-state index contributed by atoms with van der Waals surface area (Å²) >= 11 is 0. The summed E-state index contributed by atoms with van der Waals surface area (Å²) in [6, 6.07) is 0.373. The van der Waals surface area contributed by atoms with Gasteiger partial charge in [-0.25, -0.2) is 5.84 Å². The van der Waals surface area contributed by atoms with Crippen LogP contribution in [0.15, 0.2) is 0 Å². The summed E-state index contributed by atoms with van der Waals surface area (Å²) < 4.78 is 0. The summed E-state index contributed by atoms with van der Waals surface area (Å²) in [6.07, 6.45) is 2.22. The third-order valence-corrected chi connectivity index (χ3v) is 3.47. The molecule has 7 heteroatoms. The van der Waals surface area contributed by atoms with Crippen LogP contribution in [0.5, 0.6) is 0 Å². The molecule has 0 aliphatic carbocycles. The molecule has 3 N–H and O–H groups in total. The molecule has 0 aliphatic rings. The van der Waals surface area contributed by atoms with E-state index in [0.29, 0.717) is 23.9 Å². The summed E-state index contributed by atoms with van der Waals surface area (Å²) in [5, 5.41) is 0. The normalized spacial score (nSPS) is 12.1. The number of nitrogens with two attached hydrogens (primary N) is 1. The minimum absolute atomic E-state index is 0.373. The van der Waals surface area contributed by atoms with Gasteiger partial charge in [0.25, 0.3) is 0 Å². The lowest BCUT2D eigenvalue weighted by Crippen LogP contribution is -2.32. The van der Waals surface area contributed by atoms with Crippen LogP contribution in [-0.4, -0.2) is 41.1 Å². The quantitative estimate of drug-likeness (QED) is 0.553. The number of hydrogen-bond donors (Lipinski definition) is 2. The number of hydrogen-bond acceptors (Lipinski definition) is 7. The van der Waals surface area contributed by atoms with Gasteiger partial charge in [-0.05, 0) is 27.2 Å². The molecule has 0 amide bonds. The van der Waals surface area contributed by atoms with Crippen molar-refractivity contribution in [3.05, 3.63) is 0 Å². The van der Waals surface area contributed by atoms with E-state index in [1.807, 2.05) is 7.05 Å². The molecule has 0 radical (unpaired) electrons. The Labute approximate surface area is 121 Å². The van der Waals surface area contributed by atoms with Gasteiger partial charge in [-0.15, -0.1) is 0 Å². The van der Waals surface area contributed by atoms with E-state index >= 15 is 0 Å². The van der Waals surface area contributed by atoms with E-state index in [9.17, 15) is 0 Å². The van der Waals surface area contributed by atoms with Gasteiger partial charge in [-0.2, -0.15) is 15.0 Å². The van der Waals surface area contributed by atoms with Crippen LogP contribution >= 0.6 is 0 Å². The fourth-order valence-electron chi connectivity index (χ4n) is 2.03. The third kappa shape index (κ3) is 3.93. The minimum Gasteiger partial charge on any atom is -0.341 e. The molecule has 0 aliphatic heterocycles. The number of nitrogens with zero attached hydrogens (tertiary/aromatic N) is 5. The molecule has 0 bridgehead atoms. The molecule has 1 aromatic rings.